The third-order valence-electron chi connectivity index (χ3n) is 4.53. The molecule has 4 rings (SSSR count). The number of nitrogens with one attached hydrogen (secondary N) is 1. The quantitative estimate of drug-likeness (QED) is 0.746. The molecule has 1 aliphatic rings. The van der Waals surface area contributed by atoms with Crippen LogP contribution < -0.4 is 5.32 Å². The number of allylic oxidation sites excluding steroid dienone is 2. The summed E-state index contributed by atoms with van der Waals surface area (Å²) >= 11 is 0. The Labute approximate surface area is 151 Å². The van der Waals surface area contributed by atoms with Crippen LogP contribution in [-0.4, -0.2) is 16.1 Å². The van der Waals surface area contributed by atoms with Crippen LogP contribution in [0.15, 0.2) is 66.9 Å². The fourth-order valence-corrected chi connectivity index (χ4v) is 3.07. The van der Waals surface area contributed by atoms with Crippen molar-refractivity contribution in [1.29, 1.82) is 0 Å². The zero-order valence-electron chi connectivity index (χ0n) is 14.6. The van der Waals surface area contributed by atoms with Crippen molar-refractivity contribution in [3.8, 4) is 5.69 Å². The fraction of sp³-hybridized carbons (Fsp3) is 0.0909. The van der Waals surface area contributed by atoms with Crippen LogP contribution in [0, 0.1) is 13.8 Å². The molecule has 1 aromatic heterocycles. The van der Waals surface area contributed by atoms with E-state index in [0.717, 1.165) is 22.5 Å². The van der Waals surface area contributed by atoms with Gasteiger partial charge in [-0.15, -0.1) is 0 Å². The molecule has 0 aliphatic heterocycles. The molecule has 0 fully saturated rings. The summed E-state index contributed by atoms with van der Waals surface area (Å²) in [6.07, 6.45) is 4.41. The minimum absolute atomic E-state index is 0.155. The van der Waals surface area contributed by atoms with E-state index in [-0.39, 0.29) is 11.6 Å². The molecule has 4 nitrogen and oxygen atoms in total. The topological polar surface area (TPSA) is 51.1 Å². The van der Waals surface area contributed by atoms with E-state index in [2.05, 4.69) is 5.32 Å². The third-order valence-corrected chi connectivity index (χ3v) is 4.53. The number of carbonyl (C=O) groups excluding carboxylic acids is 2. The zero-order chi connectivity index (χ0) is 18.3. The van der Waals surface area contributed by atoms with Gasteiger partial charge in [-0.2, -0.15) is 0 Å². The van der Waals surface area contributed by atoms with Crippen LogP contribution in [0.1, 0.15) is 31.8 Å². The van der Waals surface area contributed by atoms with Gasteiger partial charge in [-0.25, -0.2) is 0 Å². The van der Waals surface area contributed by atoms with Crippen LogP contribution in [0.4, 0.5) is 11.5 Å². The normalized spacial score (nSPS) is 13.0. The summed E-state index contributed by atoms with van der Waals surface area (Å²) in [7, 11) is 0. The molecular formula is C22H18N2O2. The van der Waals surface area contributed by atoms with Crippen LogP contribution in [0.5, 0.6) is 0 Å². The Bertz CT molecular complexity index is 1040. The van der Waals surface area contributed by atoms with Gasteiger partial charge in [0.2, 0.25) is 0 Å². The number of aromatic nitrogens is 1. The lowest BCUT2D eigenvalue weighted by Gasteiger charge is -2.14. The molecule has 0 spiro atoms. The number of rotatable bonds is 3. The molecule has 128 valence electrons. The van der Waals surface area contributed by atoms with Gasteiger partial charge in [-0.05, 0) is 50.3 Å². The van der Waals surface area contributed by atoms with Gasteiger partial charge in [0.15, 0.2) is 11.6 Å². The summed E-state index contributed by atoms with van der Waals surface area (Å²) in [5.41, 5.74) is 4.89. The lowest BCUT2D eigenvalue weighted by molar-refractivity contribution is 0.0995. The molecule has 0 atom stereocenters. The Hall–Kier alpha value is -3.40. The van der Waals surface area contributed by atoms with Gasteiger partial charge in [0.05, 0.1) is 11.1 Å². The summed E-state index contributed by atoms with van der Waals surface area (Å²) in [6, 6.07) is 15.9. The molecule has 2 aromatic carbocycles. The van der Waals surface area contributed by atoms with E-state index >= 15 is 0 Å². The molecule has 0 amide bonds. The summed E-state index contributed by atoms with van der Waals surface area (Å²) in [5.74, 6) is 0.285. The largest absolute Gasteiger partial charge is 0.341 e. The van der Waals surface area contributed by atoms with Crippen LogP contribution >= 0.6 is 0 Å². The number of ketones is 2. The number of carbonyl (C=O) groups is 2. The average Bonchev–Trinajstić information content (AvgIpc) is 3.01. The van der Waals surface area contributed by atoms with Gasteiger partial charge in [0.1, 0.15) is 5.82 Å². The van der Waals surface area contributed by atoms with E-state index in [1.807, 2.05) is 66.9 Å². The summed E-state index contributed by atoms with van der Waals surface area (Å²) < 4.78 is 1.87. The average molecular weight is 342 g/mol. The van der Waals surface area contributed by atoms with E-state index in [1.165, 1.54) is 12.2 Å². The molecule has 0 radical (unpaired) electrons. The maximum absolute atomic E-state index is 12.5. The first-order chi connectivity index (χ1) is 12.5. The number of anilines is 2. The van der Waals surface area contributed by atoms with E-state index in [1.54, 1.807) is 6.20 Å². The zero-order valence-corrected chi connectivity index (χ0v) is 14.6. The molecule has 0 bridgehead atoms. The maximum Gasteiger partial charge on any atom is 0.190 e. The van der Waals surface area contributed by atoms with Crippen molar-refractivity contribution in [2.24, 2.45) is 0 Å². The van der Waals surface area contributed by atoms with Crippen molar-refractivity contribution in [1.82, 2.24) is 4.57 Å². The summed E-state index contributed by atoms with van der Waals surface area (Å²) in [6.45, 7) is 4.04. The maximum atomic E-state index is 12.5. The minimum atomic E-state index is -0.167. The Kier molecular flexibility index (Phi) is 3.81. The number of hydrogen-bond acceptors (Lipinski definition) is 3. The first kappa shape index (κ1) is 16.1. The molecule has 1 aliphatic carbocycles. The SMILES string of the molecule is Cc1ccc(Nc2c3c(cn2-c2ccc(C)cc2)C(=O)C=CC3=O)cc1. The number of hydrogen-bond donors (Lipinski definition) is 1. The Morgan fingerprint density at radius 1 is 0.769 bits per heavy atom. The van der Waals surface area contributed by atoms with Crippen molar-refractivity contribution < 1.29 is 9.59 Å². The van der Waals surface area contributed by atoms with Crippen molar-refractivity contribution in [2.75, 3.05) is 5.32 Å². The van der Waals surface area contributed by atoms with Crippen LogP contribution in [0.2, 0.25) is 0 Å². The van der Waals surface area contributed by atoms with Crippen LogP contribution in [0.3, 0.4) is 0 Å². The molecule has 1 heterocycles. The molecule has 3 aromatic rings. The van der Waals surface area contributed by atoms with Crippen molar-refractivity contribution >= 4 is 23.1 Å². The molecule has 1 N–H and O–H groups in total. The molecule has 4 heteroatoms. The predicted octanol–water partition coefficient (Wildman–Crippen LogP) is 4.77. The van der Waals surface area contributed by atoms with Crippen molar-refractivity contribution in [3.05, 3.63) is 89.1 Å². The highest BCUT2D eigenvalue weighted by Crippen LogP contribution is 2.32. The van der Waals surface area contributed by atoms with Crippen molar-refractivity contribution in [2.45, 2.75) is 13.8 Å². The van der Waals surface area contributed by atoms with Gasteiger partial charge in [0, 0.05) is 17.6 Å². The summed E-state index contributed by atoms with van der Waals surface area (Å²) in [4.78, 5) is 24.8. The number of benzene rings is 2. The first-order valence-electron chi connectivity index (χ1n) is 8.46. The molecule has 0 unspecified atom stereocenters. The Balaban J connectivity index is 1.89. The van der Waals surface area contributed by atoms with Gasteiger partial charge in [-0.3, -0.25) is 9.59 Å². The highest BCUT2D eigenvalue weighted by Gasteiger charge is 2.27. The Morgan fingerprint density at radius 2 is 1.35 bits per heavy atom. The smallest absolute Gasteiger partial charge is 0.190 e. The van der Waals surface area contributed by atoms with Gasteiger partial charge in [0.25, 0.3) is 0 Å². The minimum Gasteiger partial charge on any atom is -0.341 e. The third kappa shape index (κ3) is 2.75. The van der Waals surface area contributed by atoms with Crippen molar-refractivity contribution in [3.63, 3.8) is 0 Å². The second-order valence-electron chi connectivity index (χ2n) is 6.52. The van der Waals surface area contributed by atoms with Crippen LogP contribution in [-0.2, 0) is 0 Å². The number of nitrogens with zero attached hydrogens (tertiary/aromatic N) is 1. The fourth-order valence-electron chi connectivity index (χ4n) is 3.07. The van der Waals surface area contributed by atoms with Gasteiger partial charge < -0.3 is 9.88 Å². The molecule has 0 saturated heterocycles. The lowest BCUT2D eigenvalue weighted by atomic mass is 9.99. The van der Waals surface area contributed by atoms with E-state index < -0.39 is 0 Å². The Morgan fingerprint density at radius 3 is 2.00 bits per heavy atom. The highest BCUT2D eigenvalue weighted by atomic mass is 16.1. The van der Waals surface area contributed by atoms with Gasteiger partial charge >= 0.3 is 0 Å². The second-order valence-corrected chi connectivity index (χ2v) is 6.52. The monoisotopic (exact) mass is 342 g/mol. The number of aryl methyl sites for hydroxylation is 2. The van der Waals surface area contributed by atoms with Gasteiger partial charge in [-0.1, -0.05) is 35.4 Å². The molecule has 0 saturated carbocycles. The van der Waals surface area contributed by atoms with E-state index in [0.29, 0.717) is 16.9 Å². The standard InChI is InChI=1S/C22H18N2O2/c1-14-3-7-16(8-4-14)23-22-21-18(19(25)11-12-20(21)26)13-24(22)17-9-5-15(2)6-10-17/h3-13,23H,1-2H3. The first-order valence-corrected chi connectivity index (χ1v) is 8.46. The summed E-state index contributed by atoms with van der Waals surface area (Å²) in [5, 5.41) is 3.33. The predicted molar refractivity (Wildman–Crippen MR) is 103 cm³/mol. The number of fused-ring (bicyclic) bond motifs is 1. The van der Waals surface area contributed by atoms with E-state index in [9.17, 15) is 9.59 Å². The molecule has 26 heavy (non-hydrogen) atoms. The molecular weight excluding hydrogens is 324 g/mol. The van der Waals surface area contributed by atoms with Crippen LogP contribution in [0.25, 0.3) is 5.69 Å². The second kappa shape index (κ2) is 6.15. The highest BCUT2D eigenvalue weighted by molar-refractivity contribution is 6.24. The van der Waals surface area contributed by atoms with E-state index in [4.69, 9.17) is 0 Å². The lowest BCUT2D eigenvalue weighted by Crippen LogP contribution is -2.11.